The Labute approximate surface area is 121 Å². The van der Waals surface area contributed by atoms with Crippen LogP contribution in [0.25, 0.3) is 10.8 Å². The molecular formula is C12H12O7S2. The lowest BCUT2D eigenvalue weighted by atomic mass is 10.0. The summed E-state index contributed by atoms with van der Waals surface area (Å²) in [4.78, 5) is -1.87. The van der Waals surface area contributed by atoms with Gasteiger partial charge in [-0.15, -0.1) is 0 Å². The summed E-state index contributed by atoms with van der Waals surface area (Å²) in [6.45, 7) is 1.52. The van der Waals surface area contributed by atoms with Gasteiger partial charge in [-0.3, -0.25) is 9.11 Å². The van der Waals surface area contributed by atoms with Crippen molar-refractivity contribution in [3.8, 4) is 5.75 Å². The molecule has 0 spiro atoms. The van der Waals surface area contributed by atoms with Gasteiger partial charge in [-0.1, -0.05) is 24.3 Å². The van der Waals surface area contributed by atoms with Gasteiger partial charge in [0.05, 0.1) is 7.11 Å². The molecular weight excluding hydrogens is 320 g/mol. The third kappa shape index (κ3) is 2.60. The van der Waals surface area contributed by atoms with Crippen molar-refractivity contribution in [1.82, 2.24) is 0 Å². The minimum Gasteiger partial charge on any atom is -0.495 e. The molecule has 0 aromatic heterocycles. The second-order valence-corrected chi connectivity index (χ2v) is 7.03. The maximum absolute atomic E-state index is 11.6. The van der Waals surface area contributed by atoms with Gasteiger partial charge in [0.15, 0.2) is 4.90 Å². The normalized spacial score (nSPS) is 12.6. The Kier molecular flexibility index (Phi) is 3.70. The fraction of sp³-hybridized carbons (Fsp3) is 0.167. The maximum atomic E-state index is 11.6. The van der Waals surface area contributed by atoms with Crippen LogP contribution in [-0.2, 0) is 20.2 Å². The standard InChI is InChI=1S/C12H12O7S2/c1-7-8-5-3-4-6-9(8)11(20(13,14)15)12(10(7)19-2)21(16,17)18/h3-6H,1-2H3,(H,13,14,15)(H,16,17,18). The van der Waals surface area contributed by atoms with E-state index >= 15 is 0 Å². The average molecular weight is 332 g/mol. The number of hydrogen-bond acceptors (Lipinski definition) is 5. The summed E-state index contributed by atoms with van der Waals surface area (Å²) in [6, 6.07) is 5.99. The first-order valence-electron chi connectivity index (χ1n) is 5.63. The van der Waals surface area contributed by atoms with Crippen molar-refractivity contribution in [2.24, 2.45) is 0 Å². The third-order valence-electron chi connectivity index (χ3n) is 3.05. The van der Waals surface area contributed by atoms with E-state index in [1.807, 2.05) is 0 Å². The Morgan fingerprint density at radius 3 is 1.81 bits per heavy atom. The van der Waals surface area contributed by atoms with Gasteiger partial charge in [0.2, 0.25) is 0 Å². The van der Waals surface area contributed by atoms with E-state index in [0.29, 0.717) is 10.9 Å². The van der Waals surface area contributed by atoms with Crippen LogP contribution >= 0.6 is 0 Å². The SMILES string of the molecule is COc1c(S(=O)(=O)O)c(S(=O)(=O)O)c2ccccc2c1C. The first-order valence-corrected chi connectivity index (χ1v) is 8.51. The summed E-state index contributed by atoms with van der Waals surface area (Å²) in [6.07, 6.45) is 0. The fourth-order valence-corrected chi connectivity index (χ4v) is 4.49. The highest BCUT2D eigenvalue weighted by Gasteiger charge is 2.32. The first-order chi connectivity index (χ1) is 9.59. The summed E-state index contributed by atoms with van der Waals surface area (Å²) in [5.41, 5.74) is 0.327. The van der Waals surface area contributed by atoms with Crippen LogP contribution in [0.3, 0.4) is 0 Å². The van der Waals surface area contributed by atoms with E-state index in [9.17, 15) is 25.9 Å². The van der Waals surface area contributed by atoms with E-state index in [2.05, 4.69) is 0 Å². The summed E-state index contributed by atoms with van der Waals surface area (Å²) in [5, 5.41) is 0.361. The van der Waals surface area contributed by atoms with Crippen molar-refractivity contribution in [1.29, 1.82) is 0 Å². The second-order valence-electron chi connectivity index (χ2n) is 4.31. The zero-order valence-corrected chi connectivity index (χ0v) is 12.7. The van der Waals surface area contributed by atoms with Crippen LogP contribution in [0.2, 0.25) is 0 Å². The van der Waals surface area contributed by atoms with Gasteiger partial charge in [0.25, 0.3) is 20.2 Å². The largest absolute Gasteiger partial charge is 0.495 e. The van der Waals surface area contributed by atoms with Crippen LogP contribution in [-0.4, -0.2) is 33.1 Å². The van der Waals surface area contributed by atoms with E-state index in [1.165, 1.54) is 19.1 Å². The van der Waals surface area contributed by atoms with E-state index in [0.717, 1.165) is 7.11 Å². The summed E-state index contributed by atoms with van der Waals surface area (Å²) >= 11 is 0. The molecule has 0 radical (unpaired) electrons. The lowest BCUT2D eigenvalue weighted by molar-refractivity contribution is 0.390. The molecule has 0 unspecified atom stereocenters. The molecule has 0 aliphatic rings. The highest BCUT2D eigenvalue weighted by Crippen LogP contribution is 2.40. The number of methoxy groups -OCH3 is 1. The van der Waals surface area contributed by atoms with E-state index in [4.69, 9.17) is 4.74 Å². The molecule has 21 heavy (non-hydrogen) atoms. The zero-order chi connectivity index (χ0) is 16.0. The van der Waals surface area contributed by atoms with Gasteiger partial charge in [-0.2, -0.15) is 16.8 Å². The molecule has 0 aliphatic carbocycles. The number of ether oxygens (including phenoxy) is 1. The highest BCUT2D eigenvalue weighted by molar-refractivity contribution is 7.89. The maximum Gasteiger partial charge on any atom is 0.299 e. The minimum absolute atomic E-state index is 0.0223. The van der Waals surface area contributed by atoms with Gasteiger partial charge in [0, 0.05) is 10.9 Å². The molecule has 0 aliphatic heterocycles. The number of fused-ring (bicyclic) bond motifs is 1. The van der Waals surface area contributed by atoms with E-state index in [-0.39, 0.29) is 11.1 Å². The van der Waals surface area contributed by atoms with Crippen molar-refractivity contribution >= 4 is 31.0 Å². The molecule has 2 aromatic rings. The molecule has 0 amide bonds. The molecule has 0 saturated carbocycles. The van der Waals surface area contributed by atoms with Crippen LogP contribution in [0.15, 0.2) is 34.1 Å². The molecule has 0 fully saturated rings. The minimum atomic E-state index is -4.94. The molecule has 2 rings (SSSR count). The highest BCUT2D eigenvalue weighted by atomic mass is 32.2. The Hall–Kier alpha value is -1.68. The number of aryl methyl sites for hydroxylation is 1. The molecule has 0 bridgehead atoms. The van der Waals surface area contributed by atoms with Crippen molar-refractivity contribution in [2.75, 3.05) is 7.11 Å². The predicted octanol–water partition coefficient (Wildman–Crippen LogP) is 1.65. The zero-order valence-electron chi connectivity index (χ0n) is 11.1. The quantitative estimate of drug-likeness (QED) is 0.820. The average Bonchev–Trinajstić information content (AvgIpc) is 2.36. The Balaban J connectivity index is 3.27. The van der Waals surface area contributed by atoms with Gasteiger partial charge < -0.3 is 4.74 Å². The van der Waals surface area contributed by atoms with E-state index < -0.39 is 30.0 Å². The molecule has 7 nitrogen and oxygen atoms in total. The van der Waals surface area contributed by atoms with Crippen molar-refractivity contribution in [3.63, 3.8) is 0 Å². The second kappa shape index (κ2) is 4.95. The topological polar surface area (TPSA) is 118 Å². The number of benzene rings is 2. The predicted molar refractivity (Wildman–Crippen MR) is 74.9 cm³/mol. The van der Waals surface area contributed by atoms with Crippen molar-refractivity contribution in [2.45, 2.75) is 16.7 Å². The smallest absolute Gasteiger partial charge is 0.299 e. The molecule has 2 aromatic carbocycles. The Bertz CT molecular complexity index is 928. The number of hydrogen-bond donors (Lipinski definition) is 2. The fourth-order valence-electron chi connectivity index (χ4n) is 2.26. The van der Waals surface area contributed by atoms with Crippen LogP contribution in [0, 0.1) is 6.92 Å². The van der Waals surface area contributed by atoms with Gasteiger partial charge in [-0.25, -0.2) is 0 Å². The summed E-state index contributed by atoms with van der Waals surface area (Å²) < 4.78 is 70.0. The summed E-state index contributed by atoms with van der Waals surface area (Å²) in [5.74, 6) is -0.330. The number of rotatable bonds is 3. The van der Waals surface area contributed by atoms with Crippen LogP contribution in [0.4, 0.5) is 0 Å². The van der Waals surface area contributed by atoms with Crippen molar-refractivity contribution in [3.05, 3.63) is 29.8 Å². The van der Waals surface area contributed by atoms with Gasteiger partial charge in [-0.05, 0) is 12.3 Å². The van der Waals surface area contributed by atoms with Gasteiger partial charge in [0.1, 0.15) is 10.6 Å². The molecule has 0 saturated heterocycles. The molecule has 0 atom stereocenters. The lowest BCUT2D eigenvalue weighted by Crippen LogP contribution is -2.12. The molecule has 0 heterocycles. The van der Waals surface area contributed by atoms with E-state index in [1.54, 1.807) is 12.1 Å². The van der Waals surface area contributed by atoms with Crippen LogP contribution in [0.5, 0.6) is 5.75 Å². The molecule has 2 N–H and O–H groups in total. The summed E-state index contributed by atoms with van der Waals surface area (Å²) in [7, 11) is -8.71. The van der Waals surface area contributed by atoms with Crippen LogP contribution < -0.4 is 4.74 Å². The molecule has 114 valence electrons. The molecule has 9 heteroatoms. The van der Waals surface area contributed by atoms with Crippen molar-refractivity contribution < 1.29 is 30.7 Å². The lowest BCUT2D eigenvalue weighted by Gasteiger charge is -2.16. The third-order valence-corrected chi connectivity index (χ3v) is 5.02. The monoisotopic (exact) mass is 332 g/mol. The van der Waals surface area contributed by atoms with Gasteiger partial charge >= 0.3 is 0 Å². The first kappa shape index (κ1) is 15.7. The van der Waals surface area contributed by atoms with Crippen LogP contribution in [0.1, 0.15) is 5.56 Å². The Morgan fingerprint density at radius 1 is 0.905 bits per heavy atom. The Morgan fingerprint density at radius 2 is 1.38 bits per heavy atom.